The minimum absolute atomic E-state index is 0. The van der Waals surface area contributed by atoms with E-state index < -0.39 is 77.3 Å². The molecule has 24 nitrogen and oxygen atoms in total. The molecule has 4 rings (SSSR count). The van der Waals surface area contributed by atoms with Crippen LogP contribution in [0.3, 0.4) is 0 Å². The molecule has 0 aliphatic rings. The zero-order chi connectivity index (χ0) is 54.1. The smallest absolute Gasteiger partial charge is 0.328 e. The van der Waals surface area contributed by atoms with Crippen molar-refractivity contribution in [2.75, 3.05) is 14.2 Å². The van der Waals surface area contributed by atoms with Gasteiger partial charge in [-0.2, -0.15) is 0 Å². The molecule has 4 unspecified atom stereocenters. The van der Waals surface area contributed by atoms with Crippen LogP contribution in [0.15, 0.2) is 72.8 Å². The number of phenolic OH excluding ortho intramolecular Hbond substituents is 8. The van der Waals surface area contributed by atoms with E-state index in [4.69, 9.17) is 4.74 Å². The number of amides is 4. The van der Waals surface area contributed by atoms with Crippen molar-refractivity contribution in [1.29, 1.82) is 0 Å². The van der Waals surface area contributed by atoms with Gasteiger partial charge in [-0.15, -0.1) is 0 Å². The molecule has 84 heavy (non-hydrogen) atoms. The summed E-state index contributed by atoms with van der Waals surface area (Å²) in [6.07, 6.45) is -1.41. The van der Waals surface area contributed by atoms with Gasteiger partial charge >= 0.3 is 11.9 Å². The summed E-state index contributed by atoms with van der Waals surface area (Å²) in [6, 6.07) is 13.8. The molecular weight excluding hydrogens is 2810 g/mol. The van der Waals surface area contributed by atoms with Gasteiger partial charge < -0.3 is 61.0 Å². The number of aromatic hydroxyl groups is 8. The molecule has 32 heteroatoms. The van der Waals surface area contributed by atoms with Crippen molar-refractivity contribution in [2.24, 2.45) is 0 Å². The number of ketones is 2. The minimum Gasteiger partial charge on any atom is -0.504 e. The van der Waals surface area contributed by atoms with E-state index in [-0.39, 0.29) is 460 Å². The summed E-state index contributed by atoms with van der Waals surface area (Å²) in [5.74, 6) is -8.26. The van der Waals surface area contributed by atoms with Crippen molar-refractivity contribution < 1.29 is 441 Å². The number of nitrogens with one attached hydrogen (secondary N) is 6. The topological polar surface area (TPSA) is 389 Å². The Labute approximate surface area is 777 Å². The second kappa shape index (κ2) is 54.2. The van der Waals surface area contributed by atoms with Crippen LogP contribution in [0.2, 0.25) is 0 Å². The van der Waals surface area contributed by atoms with Crippen LogP contribution in [-0.4, -0.2) is 125 Å². The van der Waals surface area contributed by atoms with E-state index in [0.29, 0.717) is 22.3 Å². The van der Waals surface area contributed by atoms with Crippen LogP contribution in [0, 0.1) is 352 Å². The van der Waals surface area contributed by atoms with Crippen molar-refractivity contribution in [3.63, 3.8) is 0 Å². The Morgan fingerprint density at radius 3 is 1.05 bits per heavy atom. The van der Waals surface area contributed by atoms with Gasteiger partial charge in [0.1, 0.15) is 24.4 Å². The van der Waals surface area contributed by atoms with Crippen molar-refractivity contribution >= 4 is 47.1 Å². The molecule has 14 N–H and O–H groups in total. The molecule has 0 fully saturated rings. The molecule has 4 aromatic carbocycles. The molecule has 0 saturated carbocycles. The number of phenols is 8. The molecule has 0 heterocycles. The van der Waals surface area contributed by atoms with Gasteiger partial charge in [-0.3, -0.25) is 39.6 Å². The van der Waals surface area contributed by atoms with Crippen LogP contribution < -0.4 is 32.3 Å². The van der Waals surface area contributed by atoms with E-state index in [1.54, 1.807) is 0 Å². The molecule has 0 bridgehead atoms. The monoisotopic (exact) mass is 2890 g/mol. The predicted octanol–water partition coefficient (Wildman–Crippen LogP) is 3.17. The summed E-state index contributed by atoms with van der Waals surface area (Å²) in [5.41, 5.74) is 8.81. The quantitative estimate of drug-likeness (QED) is 0.0232. The number of Topliss-reactive ketones (excluding diaryl/α,β-unsaturated/α-hetero) is 2. The van der Waals surface area contributed by atoms with Gasteiger partial charge in [0.2, 0.25) is 23.6 Å². The van der Waals surface area contributed by atoms with E-state index in [2.05, 4.69) is 37.1 Å². The maximum atomic E-state index is 12.4. The Bertz CT molecular complexity index is 2700. The number of rotatable bonds is 22. The normalized spacial score (nSPS) is 11.3. The maximum Gasteiger partial charge on any atom is 0.328 e. The first-order valence-corrected chi connectivity index (χ1v) is 21.6. The molecular formula is C52H74Ac8N6O18. The summed E-state index contributed by atoms with van der Waals surface area (Å²) in [5, 5.41) is 81.2. The van der Waals surface area contributed by atoms with Gasteiger partial charge in [0.25, 0.3) is 0 Å². The maximum absolute atomic E-state index is 12.4. The van der Waals surface area contributed by atoms with E-state index in [0.717, 1.165) is 14.2 Å². The van der Waals surface area contributed by atoms with Gasteiger partial charge in [-0.05, 0) is 111 Å². The molecule has 0 spiro atoms. The largest absolute Gasteiger partial charge is 0.504 e. The van der Waals surface area contributed by atoms with Gasteiger partial charge in [0.15, 0.2) is 57.6 Å². The second-order valence-corrected chi connectivity index (χ2v) is 16.8. The fraction of sp³-hybridized carbons (Fsp3) is 0.385. The van der Waals surface area contributed by atoms with Crippen LogP contribution in [-0.2, 0) is 73.5 Å². The van der Waals surface area contributed by atoms with Crippen LogP contribution in [0.5, 0.6) is 46.0 Å². The number of ether oxygens (including phenoxy) is 2. The molecule has 0 aromatic heterocycles. The fourth-order valence-electron chi connectivity index (χ4n) is 6.61. The Balaban J connectivity index is -0.000000143. The Morgan fingerprint density at radius 1 is 0.429 bits per heavy atom. The molecule has 0 aliphatic carbocycles. The van der Waals surface area contributed by atoms with Crippen LogP contribution >= 0.6 is 0 Å². The summed E-state index contributed by atoms with van der Waals surface area (Å²) < 4.78 is 9.48. The number of hydrogen-bond donors (Lipinski definition) is 14. The number of carbonyl (C=O) groups is 8. The third-order valence-corrected chi connectivity index (χ3v) is 10.8. The molecule has 4 aromatic rings. The molecule has 0 saturated heterocycles. The number of hydrogen-bond acceptors (Lipinski definition) is 20. The van der Waals surface area contributed by atoms with Gasteiger partial charge in [0, 0.05) is 365 Å². The fourth-order valence-corrected chi connectivity index (χ4v) is 6.61. The van der Waals surface area contributed by atoms with Gasteiger partial charge in [0.05, 0.1) is 25.8 Å². The van der Waals surface area contributed by atoms with E-state index in [1.807, 2.05) is 0 Å². The average Bonchev–Trinajstić information content (AvgIpc) is 3.31. The Hall–Kier alpha value is 2.89. The third-order valence-electron chi connectivity index (χ3n) is 10.8. The van der Waals surface area contributed by atoms with Crippen molar-refractivity contribution in [3.8, 4) is 46.0 Å². The first-order chi connectivity index (χ1) is 33.7. The summed E-state index contributed by atoms with van der Waals surface area (Å²) >= 11 is 0. The number of esters is 2. The zero-order valence-electron chi connectivity index (χ0n) is 44.6. The third kappa shape index (κ3) is 38.3. The van der Waals surface area contributed by atoms with Crippen molar-refractivity contribution in [3.05, 3.63) is 95.1 Å². The van der Waals surface area contributed by atoms with Crippen molar-refractivity contribution in [2.45, 2.75) is 119 Å². The second-order valence-electron chi connectivity index (χ2n) is 16.8. The van der Waals surface area contributed by atoms with E-state index in [9.17, 15) is 79.2 Å². The molecule has 4 atom stereocenters. The SMILES string of the molecule is C.C.C.C.COC(=O)C(C)(Cc1ccc(O)c(O)c1)NNC(=O)CC(=O)NNC(C)(Cc1ccc(O)c(O)c1)C(C)=O.COC(=O)C(Cc1ccc(O)c(O)c1)NC(=O)CC(=O)NC(Cc1ccc(O)c(O)c1)C(C)=O.[Ac].[Ac].[Ac].[Ac].[Ac].[Ac].[Ac].[Ac]. The number of hydrazine groups is 2. The number of methoxy groups -OCH3 is 2. The standard InChI is InChI=1S/C25H32N4O9.C23H26N2O9.4CH4.8Ac/c1-14(30)24(2,12-15-5-7-17(31)19(33)9-15)28-26-21(35)11-22(36)27-29-25(3,23(37)38-4)13-16-6-8-18(32)20(34)10-16;1-12(26)15(7-13-3-5-17(27)19(29)9-13)24-21(31)11-22(32)25-16(23(33)34-2)8-14-4-6-18(28)20(30)10-14;;;;;;;;;;;;/h5-10,28-29,31-34H,11-13H2,1-4H3,(H,26,35)(H,27,36);3-6,9-10,15-16,27-30H,7-8,11H2,1-2H3,(H,24,31)(H,25,32);4*1H4;;;;;;;;. The summed E-state index contributed by atoms with van der Waals surface area (Å²) in [7, 11) is 2.28. The minimum atomic E-state index is -1.49. The number of carbonyl (C=O) groups excluding carboxylic acids is 8. The van der Waals surface area contributed by atoms with Crippen LogP contribution in [0.4, 0.5) is 0 Å². The van der Waals surface area contributed by atoms with Crippen LogP contribution in [0.25, 0.3) is 0 Å². The Morgan fingerprint density at radius 2 is 0.726 bits per heavy atom. The van der Waals surface area contributed by atoms with E-state index >= 15 is 0 Å². The molecule has 0 aliphatic heterocycles. The summed E-state index contributed by atoms with van der Waals surface area (Å²) in [4.78, 5) is 98.1. The first-order valence-electron chi connectivity index (χ1n) is 21.6. The molecule has 4 amide bonds. The molecule has 444 valence electrons. The van der Waals surface area contributed by atoms with Crippen LogP contribution in [0.1, 0.15) is 92.5 Å². The van der Waals surface area contributed by atoms with Gasteiger partial charge in [-0.1, -0.05) is 54.0 Å². The number of benzene rings is 4. The summed E-state index contributed by atoms with van der Waals surface area (Å²) in [6.45, 7) is 5.51. The molecule has 8 radical (unpaired) electrons. The zero-order valence-corrected chi connectivity index (χ0v) is 82.6. The Kier molecular flexibility index (Phi) is 69.9. The predicted molar refractivity (Wildman–Crippen MR) is 279 cm³/mol. The first kappa shape index (κ1) is 108. The average molecular weight is 2890 g/mol. The van der Waals surface area contributed by atoms with Gasteiger partial charge in [-0.25, -0.2) is 20.4 Å². The van der Waals surface area contributed by atoms with E-state index in [1.165, 1.54) is 100 Å². The van der Waals surface area contributed by atoms with Crippen molar-refractivity contribution in [1.82, 2.24) is 32.3 Å².